The third-order valence-electron chi connectivity index (χ3n) is 2.99. The molecule has 2 rings (SSSR count). The van der Waals surface area contributed by atoms with E-state index in [1.807, 2.05) is 0 Å². The highest BCUT2D eigenvalue weighted by Gasteiger charge is 2.35. The van der Waals surface area contributed by atoms with E-state index in [-0.39, 0.29) is 6.61 Å². The highest BCUT2D eigenvalue weighted by Crippen LogP contribution is 2.38. The Morgan fingerprint density at radius 3 is 2.08 bits per heavy atom. The van der Waals surface area contributed by atoms with Crippen LogP contribution in [0.15, 0.2) is 6.20 Å². The molecule has 0 bridgehead atoms. The first-order chi connectivity index (χ1) is 11.2. The molecule has 0 fully saturated rings. The number of esters is 1. The Bertz CT molecular complexity index is 820. The number of carbonyl (C=O) groups is 1. The van der Waals surface area contributed by atoms with Gasteiger partial charge in [-0.2, -0.15) is 0 Å². The van der Waals surface area contributed by atoms with E-state index in [0.29, 0.717) is 6.20 Å². The highest BCUT2D eigenvalue weighted by atomic mass is 19.2. The fourth-order valence-electron chi connectivity index (χ4n) is 2.00. The van der Waals surface area contributed by atoms with Crippen molar-refractivity contribution in [2.75, 3.05) is 6.61 Å². The van der Waals surface area contributed by atoms with Crippen LogP contribution in [0.5, 0.6) is 0 Å². The predicted octanol–water partition coefficient (Wildman–Crippen LogP) is 3.46. The third kappa shape index (κ3) is 2.57. The van der Waals surface area contributed by atoms with E-state index < -0.39 is 62.5 Å². The normalized spacial score (nSPS) is 10.8. The molecule has 0 saturated carbocycles. The summed E-state index contributed by atoms with van der Waals surface area (Å²) in [6.07, 6.45) is 0.586. The third-order valence-corrected chi connectivity index (χ3v) is 2.99. The number of hydrogen-bond donors (Lipinski definition) is 1. The molecule has 1 aromatic heterocycles. The standard InChI is InChI=1S/C13H7F5N2O4/c1-2-24-13(21)11-12(20(22)23)4(3-19-11)5-6(14)8(16)10(18)9(17)7(5)15/h3,19H,2H2,1H3. The lowest BCUT2D eigenvalue weighted by molar-refractivity contribution is -0.384. The van der Waals surface area contributed by atoms with Gasteiger partial charge in [0.1, 0.15) is 0 Å². The zero-order valence-electron chi connectivity index (χ0n) is 11.8. The van der Waals surface area contributed by atoms with Crippen molar-refractivity contribution in [2.24, 2.45) is 0 Å². The molecule has 0 aliphatic heterocycles. The first-order valence-corrected chi connectivity index (χ1v) is 6.27. The van der Waals surface area contributed by atoms with Crippen LogP contribution in [0.4, 0.5) is 27.6 Å². The maximum atomic E-state index is 13.8. The number of halogens is 5. The fraction of sp³-hybridized carbons (Fsp3) is 0.154. The van der Waals surface area contributed by atoms with Crippen LogP contribution in [-0.2, 0) is 4.74 Å². The van der Waals surface area contributed by atoms with E-state index in [0.717, 1.165) is 0 Å². The number of ether oxygens (including phenoxy) is 1. The number of aromatic nitrogens is 1. The van der Waals surface area contributed by atoms with E-state index in [2.05, 4.69) is 9.72 Å². The zero-order chi connectivity index (χ0) is 18.2. The molecule has 0 spiro atoms. The van der Waals surface area contributed by atoms with Crippen molar-refractivity contribution < 1.29 is 36.4 Å². The average molecular weight is 350 g/mol. The molecule has 128 valence electrons. The largest absolute Gasteiger partial charge is 0.461 e. The molecule has 0 unspecified atom stereocenters. The number of rotatable bonds is 4. The second-order valence-electron chi connectivity index (χ2n) is 4.35. The van der Waals surface area contributed by atoms with Crippen molar-refractivity contribution in [3.63, 3.8) is 0 Å². The van der Waals surface area contributed by atoms with Gasteiger partial charge in [0.25, 0.3) is 0 Å². The van der Waals surface area contributed by atoms with E-state index in [1.54, 1.807) is 0 Å². The second-order valence-corrected chi connectivity index (χ2v) is 4.35. The Hall–Kier alpha value is -2.98. The van der Waals surface area contributed by atoms with Crippen LogP contribution in [0.1, 0.15) is 17.4 Å². The predicted molar refractivity (Wildman–Crippen MR) is 68.6 cm³/mol. The lowest BCUT2D eigenvalue weighted by Gasteiger charge is -2.06. The van der Waals surface area contributed by atoms with Gasteiger partial charge in [0.2, 0.25) is 11.5 Å². The molecular weight excluding hydrogens is 343 g/mol. The van der Waals surface area contributed by atoms with Gasteiger partial charge in [0, 0.05) is 6.20 Å². The van der Waals surface area contributed by atoms with Crippen LogP contribution >= 0.6 is 0 Å². The van der Waals surface area contributed by atoms with Crippen molar-refractivity contribution in [1.82, 2.24) is 4.98 Å². The lowest BCUT2D eigenvalue weighted by atomic mass is 10.0. The van der Waals surface area contributed by atoms with Gasteiger partial charge in [-0.05, 0) is 6.92 Å². The molecule has 0 radical (unpaired) electrons. The minimum atomic E-state index is -2.41. The number of aromatic amines is 1. The second kappa shape index (κ2) is 6.26. The van der Waals surface area contributed by atoms with Crippen molar-refractivity contribution in [3.05, 3.63) is 51.1 Å². The zero-order valence-corrected chi connectivity index (χ0v) is 11.8. The van der Waals surface area contributed by atoms with Crippen LogP contribution in [0.25, 0.3) is 11.1 Å². The van der Waals surface area contributed by atoms with Crippen molar-refractivity contribution in [3.8, 4) is 11.1 Å². The Balaban J connectivity index is 2.80. The molecule has 0 aliphatic rings. The Morgan fingerprint density at radius 1 is 1.12 bits per heavy atom. The Morgan fingerprint density at radius 2 is 1.62 bits per heavy atom. The van der Waals surface area contributed by atoms with Gasteiger partial charge in [0.15, 0.2) is 23.3 Å². The lowest BCUT2D eigenvalue weighted by Crippen LogP contribution is -2.08. The van der Waals surface area contributed by atoms with E-state index in [9.17, 15) is 36.9 Å². The SMILES string of the molecule is CCOC(=O)c1[nH]cc(-c2c(F)c(F)c(F)c(F)c2F)c1[N+](=O)[O-]. The maximum Gasteiger partial charge on any atom is 0.361 e. The molecule has 1 aromatic carbocycles. The summed E-state index contributed by atoms with van der Waals surface area (Å²) in [5.74, 6) is -12.7. The number of benzene rings is 1. The molecule has 2 aromatic rings. The van der Waals surface area contributed by atoms with Crippen LogP contribution in [0.3, 0.4) is 0 Å². The summed E-state index contributed by atoms with van der Waals surface area (Å²) in [4.78, 5) is 23.6. The van der Waals surface area contributed by atoms with Gasteiger partial charge in [-0.1, -0.05) is 0 Å². The number of nitrogens with zero attached hydrogens (tertiary/aromatic N) is 1. The van der Waals surface area contributed by atoms with Gasteiger partial charge in [-0.25, -0.2) is 26.7 Å². The summed E-state index contributed by atoms with van der Waals surface area (Å²) in [6, 6.07) is 0. The summed E-state index contributed by atoms with van der Waals surface area (Å²) in [6.45, 7) is 1.24. The molecule has 0 amide bonds. The first-order valence-electron chi connectivity index (χ1n) is 6.27. The van der Waals surface area contributed by atoms with Crippen LogP contribution in [0.2, 0.25) is 0 Å². The molecule has 0 atom stereocenters. The van der Waals surface area contributed by atoms with Gasteiger partial charge in [0.05, 0.1) is 22.7 Å². The molecule has 0 aliphatic carbocycles. The summed E-state index contributed by atoms with van der Waals surface area (Å²) in [7, 11) is 0. The highest BCUT2D eigenvalue weighted by molar-refractivity contribution is 5.96. The summed E-state index contributed by atoms with van der Waals surface area (Å²) < 4.78 is 71.8. The van der Waals surface area contributed by atoms with Gasteiger partial charge < -0.3 is 9.72 Å². The van der Waals surface area contributed by atoms with E-state index >= 15 is 0 Å². The number of hydrogen-bond acceptors (Lipinski definition) is 4. The Labute approximate surface area is 130 Å². The quantitative estimate of drug-likeness (QED) is 0.229. The average Bonchev–Trinajstić information content (AvgIpc) is 2.96. The molecule has 24 heavy (non-hydrogen) atoms. The summed E-state index contributed by atoms with van der Waals surface area (Å²) in [5.41, 5.74) is -4.46. The minimum absolute atomic E-state index is 0.160. The van der Waals surface area contributed by atoms with Crippen molar-refractivity contribution in [1.29, 1.82) is 0 Å². The van der Waals surface area contributed by atoms with E-state index in [1.165, 1.54) is 6.92 Å². The number of H-pyrrole nitrogens is 1. The fourth-order valence-corrected chi connectivity index (χ4v) is 2.00. The Kier molecular flexibility index (Phi) is 4.53. The molecule has 0 saturated heterocycles. The number of carbonyl (C=O) groups excluding carboxylic acids is 1. The van der Waals surface area contributed by atoms with Gasteiger partial charge in [-0.3, -0.25) is 10.1 Å². The first kappa shape index (κ1) is 17.4. The molecular formula is C13H7F5N2O4. The molecule has 1 N–H and O–H groups in total. The van der Waals surface area contributed by atoms with E-state index in [4.69, 9.17) is 0 Å². The van der Waals surface area contributed by atoms with Crippen LogP contribution in [0, 0.1) is 39.2 Å². The van der Waals surface area contributed by atoms with Crippen molar-refractivity contribution >= 4 is 11.7 Å². The summed E-state index contributed by atoms with van der Waals surface area (Å²) >= 11 is 0. The summed E-state index contributed by atoms with van der Waals surface area (Å²) in [5, 5.41) is 11.1. The van der Waals surface area contributed by atoms with Crippen molar-refractivity contribution in [2.45, 2.75) is 6.92 Å². The molecule has 11 heteroatoms. The van der Waals surface area contributed by atoms with Crippen LogP contribution < -0.4 is 0 Å². The minimum Gasteiger partial charge on any atom is -0.461 e. The smallest absolute Gasteiger partial charge is 0.361 e. The monoisotopic (exact) mass is 350 g/mol. The van der Waals surface area contributed by atoms with Crippen LogP contribution in [-0.4, -0.2) is 22.5 Å². The number of nitrogens with one attached hydrogen (secondary N) is 1. The topological polar surface area (TPSA) is 85.2 Å². The molecule has 1 heterocycles. The van der Waals surface area contributed by atoms with Gasteiger partial charge in [-0.15, -0.1) is 0 Å². The molecule has 6 nitrogen and oxygen atoms in total. The number of nitro groups is 1. The van der Waals surface area contributed by atoms with Gasteiger partial charge >= 0.3 is 11.7 Å². The maximum absolute atomic E-state index is 13.8.